The van der Waals surface area contributed by atoms with Crippen LogP contribution in [0, 0.1) is 5.92 Å². The molecule has 0 saturated carbocycles. The van der Waals surface area contributed by atoms with Crippen molar-refractivity contribution in [3.63, 3.8) is 0 Å². The van der Waals surface area contributed by atoms with Gasteiger partial charge in [0.1, 0.15) is 0 Å². The number of unbranched alkanes of at least 4 members (excludes halogenated alkanes) is 19. The summed E-state index contributed by atoms with van der Waals surface area (Å²) in [7, 11) is 0. The van der Waals surface area contributed by atoms with E-state index in [9.17, 15) is 0 Å². The first-order valence-electron chi connectivity index (χ1n) is 14.5. The second kappa shape index (κ2) is 26.8. The normalized spacial score (nSPS) is 12.8. The molecule has 0 aliphatic rings. The van der Waals surface area contributed by atoms with Crippen LogP contribution in [0.2, 0.25) is 0 Å². The lowest BCUT2D eigenvalue weighted by atomic mass is 9.96. The Hall–Kier alpha value is -0.260. The molecule has 0 aromatic rings. The van der Waals surface area contributed by atoms with Crippen LogP contribution in [0.4, 0.5) is 0 Å². The maximum Gasteiger partial charge on any atom is -0.0351 e. The summed E-state index contributed by atoms with van der Waals surface area (Å²) >= 11 is 0. The third-order valence-electron chi connectivity index (χ3n) is 6.76. The molecule has 0 saturated heterocycles. The lowest BCUT2D eigenvalue weighted by Gasteiger charge is -2.11. The molecule has 0 aliphatic carbocycles. The summed E-state index contributed by atoms with van der Waals surface area (Å²) in [6.45, 7) is 7.08. The predicted octanol–water partition coefficient (Wildman–Crippen LogP) is 11.6. The molecule has 0 heteroatoms. The Labute approximate surface area is 193 Å². The Morgan fingerprint density at radius 1 is 0.400 bits per heavy atom. The molecule has 0 aromatic carbocycles. The van der Waals surface area contributed by atoms with Crippen molar-refractivity contribution in [2.24, 2.45) is 5.92 Å². The Kier molecular flexibility index (Phi) is 26.5. The second-order valence-electron chi connectivity index (χ2n) is 10.1. The maximum atomic E-state index is 2.48. The first-order valence-corrected chi connectivity index (χ1v) is 14.5. The molecule has 0 aliphatic heterocycles. The highest BCUT2D eigenvalue weighted by Gasteiger charge is 2.02. The molecular weight excluding hydrogens is 360 g/mol. The van der Waals surface area contributed by atoms with Crippen LogP contribution < -0.4 is 0 Å². The number of hydrogen-bond acceptors (Lipinski definition) is 0. The van der Waals surface area contributed by atoms with Gasteiger partial charge in [-0.1, -0.05) is 161 Å². The molecule has 0 N–H and O–H groups in total. The molecule has 30 heavy (non-hydrogen) atoms. The van der Waals surface area contributed by atoms with E-state index >= 15 is 0 Å². The molecule has 0 rings (SSSR count). The summed E-state index contributed by atoms with van der Waals surface area (Å²) in [5.41, 5.74) is 0. The summed E-state index contributed by atoms with van der Waals surface area (Å²) in [5, 5.41) is 0. The quantitative estimate of drug-likeness (QED) is 0.102. The summed E-state index contributed by atoms with van der Waals surface area (Å²) in [5.74, 6) is 0.960. The Morgan fingerprint density at radius 3 is 1.07 bits per heavy atom. The van der Waals surface area contributed by atoms with Crippen LogP contribution in [0.5, 0.6) is 0 Å². The lowest BCUT2D eigenvalue weighted by molar-refractivity contribution is 0.430. The van der Waals surface area contributed by atoms with E-state index in [4.69, 9.17) is 0 Å². The van der Waals surface area contributed by atoms with Gasteiger partial charge in [-0.05, 0) is 31.6 Å². The van der Waals surface area contributed by atoms with Crippen LogP contribution in [0.25, 0.3) is 0 Å². The minimum Gasteiger partial charge on any atom is -0.0885 e. The van der Waals surface area contributed by atoms with E-state index < -0.39 is 0 Å². The monoisotopic (exact) mass is 420 g/mol. The van der Waals surface area contributed by atoms with Gasteiger partial charge in [0.2, 0.25) is 0 Å². The molecule has 0 aromatic heterocycles. The van der Waals surface area contributed by atoms with Gasteiger partial charge in [0.25, 0.3) is 0 Å². The van der Waals surface area contributed by atoms with Gasteiger partial charge in [-0.2, -0.15) is 0 Å². The van der Waals surface area contributed by atoms with Crippen molar-refractivity contribution in [3.05, 3.63) is 12.2 Å². The van der Waals surface area contributed by atoms with Crippen LogP contribution in [-0.2, 0) is 0 Å². The minimum atomic E-state index is 0.960. The fraction of sp³-hybridized carbons (Fsp3) is 0.933. The SMILES string of the molecule is CCCCCCCC/C=C\CCCCCCCCC(C)CCCCCCCCCC. The van der Waals surface area contributed by atoms with Crippen molar-refractivity contribution in [2.75, 3.05) is 0 Å². The first-order chi connectivity index (χ1) is 14.8. The van der Waals surface area contributed by atoms with Gasteiger partial charge in [0, 0.05) is 0 Å². The Morgan fingerprint density at radius 2 is 0.700 bits per heavy atom. The van der Waals surface area contributed by atoms with E-state index in [1.807, 2.05) is 0 Å². The highest BCUT2D eigenvalue weighted by atomic mass is 14.1. The van der Waals surface area contributed by atoms with Crippen LogP contribution in [0.15, 0.2) is 12.2 Å². The smallest absolute Gasteiger partial charge is 0.0351 e. The van der Waals surface area contributed by atoms with E-state index in [2.05, 4.69) is 32.9 Å². The van der Waals surface area contributed by atoms with Crippen molar-refractivity contribution in [1.29, 1.82) is 0 Å². The van der Waals surface area contributed by atoms with Crippen molar-refractivity contribution < 1.29 is 0 Å². The highest BCUT2D eigenvalue weighted by Crippen LogP contribution is 2.19. The van der Waals surface area contributed by atoms with Crippen molar-refractivity contribution in [2.45, 2.75) is 175 Å². The summed E-state index contributed by atoms with van der Waals surface area (Å²) in [4.78, 5) is 0. The zero-order valence-corrected chi connectivity index (χ0v) is 21.7. The van der Waals surface area contributed by atoms with Crippen molar-refractivity contribution in [3.8, 4) is 0 Å². The van der Waals surface area contributed by atoms with E-state index in [1.54, 1.807) is 0 Å². The largest absolute Gasteiger partial charge is 0.0885 e. The maximum absolute atomic E-state index is 2.48. The van der Waals surface area contributed by atoms with Gasteiger partial charge in [-0.3, -0.25) is 0 Å². The van der Waals surface area contributed by atoms with Gasteiger partial charge in [-0.15, -0.1) is 0 Å². The lowest BCUT2D eigenvalue weighted by Crippen LogP contribution is -1.95. The molecule has 1 unspecified atom stereocenters. The summed E-state index contributed by atoms with van der Waals surface area (Å²) in [6.07, 6.45) is 39.3. The van der Waals surface area contributed by atoms with Gasteiger partial charge in [0.15, 0.2) is 0 Å². The molecule has 1 atom stereocenters. The molecular formula is C30H60. The molecule has 0 radical (unpaired) electrons. The molecule has 0 fully saturated rings. The van der Waals surface area contributed by atoms with E-state index in [0.717, 1.165) is 5.92 Å². The van der Waals surface area contributed by atoms with Crippen molar-refractivity contribution >= 4 is 0 Å². The van der Waals surface area contributed by atoms with Crippen LogP contribution >= 0.6 is 0 Å². The summed E-state index contributed by atoms with van der Waals surface area (Å²) in [6, 6.07) is 0. The molecule has 0 bridgehead atoms. The number of allylic oxidation sites excluding steroid dienone is 2. The van der Waals surface area contributed by atoms with E-state index in [-0.39, 0.29) is 0 Å². The van der Waals surface area contributed by atoms with Gasteiger partial charge in [0.05, 0.1) is 0 Å². The molecule has 0 nitrogen and oxygen atoms in total. The third-order valence-corrected chi connectivity index (χ3v) is 6.76. The predicted molar refractivity (Wildman–Crippen MR) is 140 cm³/mol. The van der Waals surface area contributed by atoms with Gasteiger partial charge >= 0.3 is 0 Å². The zero-order chi connectivity index (χ0) is 22.0. The van der Waals surface area contributed by atoms with Crippen LogP contribution in [0.1, 0.15) is 175 Å². The average molecular weight is 421 g/mol. The third kappa shape index (κ3) is 25.8. The van der Waals surface area contributed by atoms with Gasteiger partial charge in [-0.25, -0.2) is 0 Å². The van der Waals surface area contributed by atoms with Crippen LogP contribution in [-0.4, -0.2) is 0 Å². The topological polar surface area (TPSA) is 0 Å². The number of rotatable bonds is 25. The Balaban J connectivity index is 3.18. The summed E-state index contributed by atoms with van der Waals surface area (Å²) < 4.78 is 0. The van der Waals surface area contributed by atoms with Gasteiger partial charge < -0.3 is 0 Å². The minimum absolute atomic E-state index is 0.960. The molecule has 0 amide bonds. The fourth-order valence-electron chi connectivity index (χ4n) is 4.51. The highest BCUT2D eigenvalue weighted by molar-refractivity contribution is 4.81. The Bertz CT molecular complexity index is 316. The second-order valence-corrected chi connectivity index (χ2v) is 10.1. The fourth-order valence-corrected chi connectivity index (χ4v) is 4.51. The molecule has 180 valence electrons. The first kappa shape index (κ1) is 29.7. The standard InChI is InChI=1S/C30H60/c1-4-6-8-10-12-14-15-16-17-18-19-20-21-23-25-27-29-30(3)28-26-24-22-13-11-9-7-5-2/h16-17,30H,4-15,18-29H2,1-3H3/b17-16-. The number of hydrogen-bond donors (Lipinski definition) is 0. The van der Waals surface area contributed by atoms with E-state index in [0.29, 0.717) is 0 Å². The molecule has 0 heterocycles. The average Bonchev–Trinajstić information content (AvgIpc) is 2.75. The van der Waals surface area contributed by atoms with Crippen LogP contribution in [0.3, 0.4) is 0 Å². The zero-order valence-electron chi connectivity index (χ0n) is 21.7. The van der Waals surface area contributed by atoms with Crippen molar-refractivity contribution in [1.82, 2.24) is 0 Å². The molecule has 0 spiro atoms. The van der Waals surface area contributed by atoms with E-state index in [1.165, 1.54) is 154 Å².